The third-order valence-corrected chi connectivity index (χ3v) is 4.40. The number of aromatic nitrogens is 2. The zero-order valence-corrected chi connectivity index (χ0v) is 13.4. The summed E-state index contributed by atoms with van der Waals surface area (Å²) in [5.41, 5.74) is 0.842. The van der Waals surface area contributed by atoms with Gasteiger partial charge >= 0.3 is 11.9 Å². The van der Waals surface area contributed by atoms with Crippen LogP contribution >= 0.6 is 0 Å². The summed E-state index contributed by atoms with van der Waals surface area (Å²) in [7, 11) is 0. The van der Waals surface area contributed by atoms with Crippen LogP contribution in [0.5, 0.6) is 5.88 Å². The van der Waals surface area contributed by atoms with E-state index < -0.39 is 17.8 Å². The fourth-order valence-electron chi connectivity index (χ4n) is 3.24. The van der Waals surface area contributed by atoms with Crippen LogP contribution in [0.15, 0.2) is 24.4 Å². The molecule has 8 heteroatoms. The monoisotopic (exact) mass is 345 g/mol. The summed E-state index contributed by atoms with van der Waals surface area (Å²) in [6.45, 7) is 2.76. The van der Waals surface area contributed by atoms with Crippen molar-refractivity contribution in [1.29, 1.82) is 0 Å². The molecule has 0 atom stereocenters. The van der Waals surface area contributed by atoms with Crippen LogP contribution in [0.4, 0.5) is 4.39 Å². The number of carbonyl (C=O) groups excluding carboxylic acids is 2. The second-order valence-electron chi connectivity index (χ2n) is 6.07. The van der Waals surface area contributed by atoms with Gasteiger partial charge < -0.3 is 14.5 Å². The summed E-state index contributed by atoms with van der Waals surface area (Å²) in [5, 5.41) is 0.469. The Kier molecular flexibility index (Phi) is 3.96. The van der Waals surface area contributed by atoms with Crippen molar-refractivity contribution < 1.29 is 23.6 Å². The van der Waals surface area contributed by atoms with Crippen LogP contribution in [-0.2, 0) is 16.0 Å². The van der Waals surface area contributed by atoms with Crippen molar-refractivity contribution in [2.75, 3.05) is 19.6 Å². The third kappa shape index (κ3) is 3.00. The van der Waals surface area contributed by atoms with Gasteiger partial charge in [-0.25, -0.2) is 19.0 Å². The molecule has 0 aliphatic carbocycles. The highest BCUT2D eigenvalue weighted by Gasteiger charge is 2.26. The molecule has 0 unspecified atom stereocenters. The van der Waals surface area contributed by atoms with E-state index in [1.165, 1.54) is 6.07 Å². The summed E-state index contributed by atoms with van der Waals surface area (Å²) in [6, 6.07) is 1.31. The molecule has 0 aromatic carbocycles. The van der Waals surface area contributed by atoms with Crippen molar-refractivity contribution in [2.24, 2.45) is 0 Å². The van der Waals surface area contributed by atoms with Gasteiger partial charge in [0.05, 0.1) is 6.20 Å². The van der Waals surface area contributed by atoms with Crippen molar-refractivity contribution in [3.05, 3.63) is 35.8 Å². The first-order valence-corrected chi connectivity index (χ1v) is 8.15. The van der Waals surface area contributed by atoms with Gasteiger partial charge in [-0.2, -0.15) is 0 Å². The summed E-state index contributed by atoms with van der Waals surface area (Å²) in [5.74, 6) is -1.85. The molecule has 7 nitrogen and oxygen atoms in total. The molecule has 4 rings (SSSR count). The maximum Gasteiger partial charge on any atom is 0.356 e. The second-order valence-corrected chi connectivity index (χ2v) is 6.07. The summed E-state index contributed by atoms with van der Waals surface area (Å²) >= 11 is 0. The molecule has 2 aromatic rings. The van der Waals surface area contributed by atoms with Crippen LogP contribution in [0.2, 0.25) is 0 Å². The normalized spacial score (nSPS) is 19.2. The Labute approximate surface area is 142 Å². The van der Waals surface area contributed by atoms with Gasteiger partial charge in [0.1, 0.15) is 5.82 Å². The molecule has 1 saturated heterocycles. The second kappa shape index (κ2) is 6.29. The molecular formula is C17H16FN3O4. The molecule has 0 N–H and O–H groups in total. The van der Waals surface area contributed by atoms with Crippen LogP contribution in [0.3, 0.4) is 0 Å². The van der Waals surface area contributed by atoms with Crippen LogP contribution in [-0.4, -0.2) is 46.2 Å². The Morgan fingerprint density at radius 2 is 1.92 bits per heavy atom. The number of likely N-dealkylation sites (tertiary alicyclic amines) is 1. The summed E-state index contributed by atoms with van der Waals surface area (Å²) in [4.78, 5) is 35.2. The molecule has 0 amide bonds. The Hall–Kier alpha value is -2.74. The fraction of sp³-hybridized carbons (Fsp3) is 0.353. The molecule has 2 aromatic heterocycles. The zero-order chi connectivity index (χ0) is 17.4. The van der Waals surface area contributed by atoms with Gasteiger partial charge in [0.2, 0.25) is 5.88 Å². The van der Waals surface area contributed by atoms with Crippen molar-refractivity contribution in [3.63, 3.8) is 0 Å². The maximum atomic E-state index is 13.7. The number of fused-ring (bicyclic) bond motifs is 3. The lowest BCUT2D eigenvalue weighted by Gasteiger charge is -2.15. The standard InChI is InChI=1S/C17H16FN3O4/c18-11-9-13-12(5-8-20-6-1-2-7-20)17-21(16(13)19-10-11)25-15(23)4-3-14(22)24-17/h3-4,9-10H,1-2,5-8H2/b4-3+. The third-order valence-electron chi connectivity index (χ3n) is 4.40. The van der Waals surface area contributed by atoms with E-state index in [1.54, 1.807) is 0 Å². The number of nitrogens with zero attached hydrogens (tertiary/aromatic N) is 3. The molecule has 2 aliphatic rings. The van der Waals surface area contributed by atoms with Crippen molar-refractivity contribution >= 4 is 23.0 Å². The Morgan fingerprint density at radius 3 is 2.72 bits per heavy atom. The summed E-state index contributed by atoms with van der Waals surface area (Å²) in [6.07, 6.45) is 5.85. The SMILES string of the molecule is O=C1/C=C/C(=O)On2c(c(CCN3CCCC3)c3cc(F)cnc32)O1. The maximum absolute atomic E-state index is 13.7. The van der Waals surface area contributed by atoms with E-state index in [9.17, 15) is 14.0 Å². The van der Waals surface area contributed by atoms with Crippen LogP contribution in [0.25, 0.3) is 11.0 Å². The average molecular weight is 345 g/mol. The van der Waals surface area contributed by atoms with Gasteiger partial charge in [-0.15, -0.1) is 4.73 Å². The smallest absolute Gasteiger partial charge is 0.356 e. The van der Waals surface area contributed by atoms with E-state index in [-0.39, 0.29) is 11.5 Å². The first kappa shape index (κ1) is 15.8. The number of esters is 1. The topological polar surface area (TPSA) is 73.7 Å². The minimum atomic E-state index is -0.730. The zero-order valence-electron chi connectivity index (χ0n) is 13.4. The number of halogens is 1. The van der Waals surface area contributed by atoms with Crippen LogP contribution in [0, 0.1) is 5.82 Å². The largest absolute Gasteiger partial charge is 0.403 e. The van der Waals surface area contributed by atoms with Gasteiger partial charge in [-0.1, -0.05) is 0 Å². The van der Waals surface area contributed by atoms with Gasteiger partial charge in [-0.05, 0) is 38.4 Å². The van der Waals surface area contributed by atoms with E-state index in [0.717, 1.165) is 55.6 Å². The lowest BCUT2D eigenvalue weighted by Crippen LogP contribution is -2.24. The first-order chi connectivity index (χ1) is 12.1. The van der Waals surface area contributed by atoms with Crippen molar-refractivity contribution in [2.45, 2.75) is 19.3 Å². The highest BCUT2D eigenvalue weighted by atomic mass is 19.1. The van der Waals surface area contributed by atoms with E-state index >= 15 is 0 Å². The minimum absolute atomic E-state index is 0.0787. The van der Waals surface area contributed by atoms with Gasteiger partial charge in [-0.3, -0.25) is 0 Å². The van der Waals surface area contributed by atoms with Gasteiger partial charge in [0, 0.05) is 29.6 Å². The molecule has 130 valence electrons. The first-order valence-electron chi connectivity index (χ1n) is 8.15. The minimum Gasteiger partial charge on any atom is -0.403 e. The van der Waals surface area contributed by atoms with E-state index in [0.29, 0.717) is 17.4 Å². The Bertz CT molecular complexity index is 884. The number of hydrogen-bond donors (Lipinski definition) is 0. The number of rotatable bonds is 3. The summed E-state index contributed by atoms with van der Waals surface area (Å²) < 4.78 is 20.1. The van der Waals surface area contributed by atoms with E-state index in [4.69, 9.17) is 9.57 Å². The predicted octanol–water partition coefficient (Wildman–Crippen LogP) is 1.24. The number of carbonyl (C=O) groups is 2. The molecular weight excluding hydrogens is 329 g/mol. The Morgan fingerprint density at radius 1 is 1.16 bits per heavy atom. The molecule has 4 heterocycles. The molecule has 0 spiro atoms. The molecule has 1 fully saturated rings. The number of hydrogen-bond acceptors (Lipinski definition) is 6. The lowest BCUT2D eigenvalue weighted by molar-refractivity contribution is -0.142. The van der Waals surface area contributed by atoms with Crippen LogP contribution in [0.1, 0.15) is 18.4 Å². The van der Waals surface area contributed by atoms with E-state index in [1.807, 2.05) is 0 Å². The molecule has 0 saturated carbocycles. The van der Waals surface area contributed by atoms with Crippen molar-refractivity contribution in [1.82, 2.24) is 14.6 Å². The quantitative estimate of drug-likeness (QED) is 0.780. The highest BCUT2D eigenvalue weighted by molar-refractivity contribution is 5.95. The Balaban J connectivity index is 1.80. The van der Waals surface area contributed by atoms with E-state index in [2.05, 4.69) is 9.88 Å². The van der Waals surface area contributed by atoms with Crippen molar-refractivity contribution in [3.8, 4) is 5.88 Å². The van der Waals surface area contributed by atoms with Gasteiger partial charge in [0.25, 0.3) is 0 Å². The molecule has 25 heavy (non-hydrogen) atoms. The van der Waals surface area contributed by atoms with Crippen LogP contribution < -0.4 is 9.57 Å². The number of pyridine rings is 1. The molecule has 0 bridgehead atoms. The lowest BCUT2D eigenvalue weighted by atomic mass is 10.1. The fourth-order valence-corrected chi connectivity index (χ4v) is 3.24. The van der Waals surface area contributed by atoms with Gasteiger partial charge in [0.15, 0.2) is 5.65 Å². The highest BCUT2D eigenvalue weighted by Crippen LogP contribution is 2.32. The molecule has 2 aliphatic heterocycles. The predicted molar refractivity (Wildman–Crippen MR) is 85.4 cm³/mol. The number of ether oxygens (including phenoxy) is 1. The molecule has 0 radical (unpaired) electrons. The average Bonchev–Trinajstić information content (AvgIpc) is 3.18.